The van der Waals surface area contributed by atoms with Crippen molar-refractivity contribution in [2.45, 2.75) is 18.5 Å². The standard InChI is InChI=1S/C9H17N3O/c1-11-8(5-10)6-12(2)9-3-4-13-7-9/h8-9,11H,3-4,6-7H2,1-2H3. The Morgan fingerprint density at radius 1 is 1.77 bits per heavy atom. The lowest BCUT2D eigenvalue weighted by molar-refractivity contribution is 0.157. The van der Waals surface area contributed by atoms with Gasteiger partial charge in [-0.1, -0.05) is 0 Å². The molecule has 0 aromatic carbocycles. The van der Waals surface area contributed by atoms with Crippen LogP contribution in [0.15, 0.2) is 0 Å². The predicted molar refractivity (Wildman–Crippen MR) is 50.3 cm³/mol. The summed E-state index contributed by atoms with van der Waals surface area (Å²) in [7, 11) is 3.86. The molecule has 74 valence electrons. The fourth-order valence-corrected chi connectivity index (χ4v) is 1.50. The van der Waals surface area contributed by atoms with Crippen molar-refractivity contribution >= 4 is 0 Å². The summed E-state index contributed by atoms with van der Waals surface area (Å²) in [5, 5.41) is 11.7. The van der Waals surface area contributed by atoms with Gasteiger partial charge in [0.1, 0.15) is 6.04 Å². The monoisotopic (exact) mass is 183 g/mol. The number of hydrogen-bond donors (Lipinski definition) is 1. The van der Waals surface area contributed by atoms with Gasteiger partial charge >= 0.3 is 0 Å². The summed E-state index contributed by atoms with van der Waals surface area (Å²) in [5.74, 6) is 0. The van der Waals surface area contributed by atoms with Gasteiger partial charge in [-0.25, -0.2) is 0 Å². The van der Waals surface area contributed by atoms with E-state index >= 15 is 0 Å². The molecule has 1 heterocycles. The summed E-state index contributed by atoms with van der Waals surface area (Å²) in [6.07, 6.45) is 1.08. The summed E-state index contributed by atoms with van der Waals surface area (Å²) in [5.41, 5.74) is 0. The summed E-state index contributed by atoms with van der Waals surface area (Å²) in [4.78, 5) is 2.19. The van der Waals surface area contributed by atoms with E-state index in [1.807, 2.05) is 14.1 Å². The zero-order valence-electron chi connectivity index (χ0n) is 8.29. The Labute approximate surface area is 79.5 Å². The van der Waals surface area contributed by atoms with Crippen LogP contribution in [0.4, 0.5) is 0 Å². The van der Waals surface area contributed by atoms with Gasteiger partial charge in [0.2, 0.25) is 0 Å². The quantitative estimate of drug-likeness (QED) is 0.657. The minimum Gasteiger partial charge on any atom is -0.380 e. The van der Waals surface area contributed by atoms with E-state index in [0.29, 0.717) is 6.04 Å². The maximum absolute atomic E-state index is 8.75. The first kappa shape index (κ1) is 10.5. The molecule has 0 aliphatic carbocycles. The van der Waals surface area contributed by atoms with Crippen LogP contribution in [0.2, 0.25) is 0 Å². The maximum Gasteiger partial charge on any atom is 0.108 e. The van der Waals surface area contributed by atoms with E-state index in [2.05, 4.69) is 16.3 Å². The Hall–Kier alpha value is -0.630. The Balaban J connectivity index is 2.30. The number of nitriles is 1. The summed E-state index contributed by atoms with van der Waals surface area (Å²) in [6, 6.07) is 2.62. The Morgan fingerprint density at radius 2 is 2.54 bits per heavy atom. The van der Waals surface area contributed by atoms with Crippen molar-refractivity contribution in [1.82, 2.24) is 10.2 Å². The third-order valence-corrected chi connectivity index (χ3v) is 2.50. The average molecular weight is 183 g/mol. The van der Waals surface area contributed by atoms with Crippen LogP contribution in [-0.2, 0) is 4.74 Å². The molecule has 2 unspecified atom stereocenters. The van der Waals surface area contributed by atoms with E-state index in [1.54, 1.807) is 0 Å². The van der Waals surface area contributed by atoms with Crippen LogP contribution < -0.4 is 5.32 Å². The zero-order chi connectivity index (χ0) is 9.68. The molecule has 1 saturated heterocycles. The highest BCUT2D eigenvalue weighted by molar-refractivity contribution is 4.91. The first-order chi connectivity index (χ1) is 6.27. The second kappa shape index (κ2) is 5.18. The van der Waals surface area contributed by atoms with Gasteiger partial charge in [-0.15, -0.1) is 0 Å². The lowest BCUT2D eigenvalue weighted by atomic mass is 10.2. The van der Waals surface area contributed by atoms with Gasteiger partial charge in [0.25, 0.3) is 0 Å². The minimum absolute atomic E-state index is 0.0781. The molecule has 4 heteroatoms. The number of hydrogen-bond acceptors (Lipinski definition) is 4. The molecule has 13 heavy (non-hydrogen) atoms. The lowest BCUT2D eigenvalue weighted by Gasteiger charge is -2.24. The zero-order valence-corrected chi connectivity index (χ0v) is 8.29. The van der Waals surface area contributed by atoms with Crippen molar-refractivity contribution < 1.29 is 4.74 Å². The molecule has 0 bridgehead atoms. The van der Waals surface area contributed by atoms with Gasteiger partial charge in [0, 0.05) is 19.2 Å². The van der Waals surface area contributed by atoms with Crippen LogP contribution in [0.25, 0.3) is 0 Å². The topological polar surface area (TPSA) is 48.3 Å². The van der Waals surface area contributed by atoms with E-state index in [9.17, 15) is 0 Å². The van der Waals surface area contributed by atoms with Crippen LogP contribution in [-0.4, -0.2) is 50.8 Å². The van der Waals surface area contributed by atoms with Gasteiger partial charge in [0.15, 0.2) is 0 Å². The normalized spacial score (nSPS) is 24.6. The largest absolute Gasteiger partial charge is 0.380 e. The molecule has 0 spiro atoms. The molecule has 0 aromatic heterocycles. The number of likely N-dealkylation sites (N-methyl/N-ethyl adjacent to an activating group) is 2. The summed E-state index contributed by atoms with van der Waals surface area (Å²) < 4.78 is 5.28. The van der Waals surface area contributed by atoms with Gasteiger partial charge in [-0.3, -0.25) is 4.90 Å². The predicted octanol–water partition coefficient (Wildman–Crippen LogP) is -0.181. The van der Waals surface area contributed by atoms with Crippen molar-refractivity contribution in [3.63, 3.8) is 0 Å². The maximum atomic E-state index is 8.75. The SMILES string of the molecule is CNC(C#N)CN(C)C1CCOC1. The van der Waals surface area contributed by atoms with Crippen molar-refractivity contribution in [3.05, 3.63) is 0 Å². The Kier molecular flexibility index (Phi) is 4.16. The molecule has 0 radical (unpaired) electrons. The smallest absolute Gasteiger partial charge is 0.108 e. The molecule has 1 aliphatic heterocycles. The molecule has 1 aliphatic rings. The molecule has 1 N–H and O–H groups in total. The first-order valence-corrected chi connectivity index (χ1v) is 4.62. The highest BCUT2D eigenvalue weighted by Gasteiger charge is 2.21. The average Bonchev–Trinajstić information content (AvgIpc) is 2.66. The Bertz CT molecular complexity index is 184. The van der Waals surface area contributed by atoms with E-state index in [0.717, 1.165) is 26.2 Å². The lowest BCUT2D eigenvalue weighted by Crippen LogP contribution is -2.42. The van der Waals surface area contributed by atoms with E-state index < -0.39 is 0 Å². The van der Waals surface area contributed by atoms with E-state index in [1.165, 1.54) is 0 Å². The third kappa shape index (κ3) is 2.96. The Morgan fingerprint density at radius 3 is 3.00 bits per heavy atom. The molecule has 1 rings (SSSR count). The third-order valence-electron chi connectivity index (χ3n) is 2.50. The number of nitrogens with zero attached hydrogens (tertiary/aromatic N) is 2. The van der Waals surface area contributed by atoms with Crippen LogP contribution in [0.1, 0.15) is 6.42 Å². The molecule has 0 aromatic rings. The molecule has 1 fully saturated rings. The molecule has 0 amide bonds. The van der Waals surface area contributed by atoms with Crippen molar-refractivity contribution in [1.29, 1.82) is 5.26 Å². The number of ether oxygens (including phenoxy) is 1. The number of rotatable bonds is 4. The van der Waals surface area contributed by atoms with E-state index in [4.69, 9.17) is 10.00 Å². The fourth-order valence-electron chi connectivity index (χ4n) is 1.50. The van der Waals surface area contributed by atoms with Gasteiger partial charge in [0.05, 0.1) is 12.7 Å². The van der Waals surface area contributed by atoms with Crippen molar-refractivity contribution in [2.24, 2.45) is 0 Å². The number of nitrogens with one attached hydrogen (secondary N) is 1. The van der Waals surface area contributed by atoms with Gasteiger partial charge in [-0.05, 0) is 20.5 Å². The van der Waals surface area contributed by atoms with Crippen LogP contribution in [0.5, 0.6) is 0 Å². The molecular formula is C9H17N3O. The van der Waals surface area contributed by atoms with Gasteiger partial charge < -0.3 is 10.1 Å². The molecular weight excluding hydrogens is 166 g/mol. The minimum atomic E-state index is -0.0781. The summed E-state index contributed by atoms with van der Waals surface area (Å²) >= 11 is 0. The highest BCUT2D eigenvalue weighted by Crippen LogP contribution is 2.10. The van der Waals surface area contributed by atoms with Crippen molar-refractivity contribution in [2.75, 3.05) is 33.9 Å². The van der Waals surface area contributed by atoms with Gasteiger partial charge in [-0.2, -0.15) is 5.26 Å². The second-order valence-electron chi connectivity index (χ2n) is 3.43. The van der Waals surface area contributed by atoms with Crippen molar-refractivity contribution in [3.8, 4) is 6.07 Å². The highest BCUT2D eigenvalue weighted by atomic mass is 16.5. The van der Waals surface area contributed by atoms with Crippen LogP contribution in [0.3, 0.4) is 0 Å². The fraction of sp³-hybridized carbons (Fsp3) is 0.889. The molecule has 4 nitrogen and oxygen atoms in total. The van der Waals surface area contributed by atoms with Crippen LogP contribution in [0, 0.1) is 11.3 Å². The first-order valence-electron chi connectivity index (χ1n) is 4.62. The summed E-state index contributed by atoms with van der Waals surface area (Å²) in [6.45, 7) is 2.42. The van der Waals surface area contributed by atoms with E-state index in [-0.39, 0.29) is 6.04 Å². The van der Waals surface area contributed by atoms with Crippen LogP contribution >= 0.6 is 0 Å². The molecule has 2 atom stereocenters. The second-order valence-corrected chi connectivity index (χ2v) is 3.43. The molecule has 0 saturated carbocycles.